The molecule has 0 atom stereocenters. The number of hydrogen-bond donors (Lipinski definition) is 4. The number of benzene rings is 4. The quantitative estimate of drug-likeness (QED) is 0.0974. The number of aromatic nitrogens is 4. The summed E-state index contributed by atoms with van der Waals surface area (Å²) in [6, 6.07) is 29.6. The van der Waals surface area contributed by atoms with Crippen LogP contribution in [0.25, 0.3) is 22.6 Å². The number of aryl methyl sites for hydroxylation is 1. The lowest BCUT2D eigenvalue weighted by Gasteiger charge is -2.12. The maximum atomic E-state index is 12.9. The number of anilines is 6. The van der Waals surface area contributed by atoms with Crippen molar-refractivity contribution in [2.75, 3.05) is 28.4 Å². The van der Waals surface area contributed by atoms with Gasteiger partial charge in [0.1, 0.15) is 5.75 Å². The van der Waals surface area contributed by atoms with Crippen molar-refractivity contribution in [1.82, 2.24) is 19.9 Å². The first kappa shape index (κ1) is 42.3. The summed E-state index contributed by atoms with van der Waals surface area (Å²) < 4.78 is 56.5. The summed E-state index contributed by atoms with van der Waals surface area (Å²) in [5.74, 6) is 0.687. The van der Waals surface area contributed by atoms with Crippen LogP contribution in [0.1, 0.15) is 31.8 Å². The number of methoxy groups -OCH3 is 1. The first-order valence-electron chi connectivity index (χ1n) is 18.5. The molecule has 4 N–H and O–H groups in total. The Bertz CT molecular complexity index is 2820. The Morgan fingerprint density at radius 3 is 1.74 bits per heavy atom. The van der Waals surface area contributed by atoms with E-state index in [0.717, 1.165) is 39.0 Å². The second kappa shape index (κ2) is 19.1. The molecule has 0 unspecified atom stereocenters. The maximum Gasteiger partial charge on any atom is 0.416 e. The lowest BCUT2D eigenvalue weighted by Crippen LogP contribution is -2.14. The number of ether oxygens (including phenoxy) is 1. The van der Waals surface area contributed by atoms with E-state index >= 15 is 0 Å². The second-order valence-corrected chi connectivity index (χ2v) is 14.2. The van der Waals surface area contributed by atoms with Crippen molar-refractivity contribution in [3.8, 4) is 28.4 Å². The smallest absolute Gasteiger partial charge is 0.416 e. The van der Waals surface area contributed by atoms with E-state index in [9.17, 15) is 22.8 Å². The van der Waals surface area contributed by atoms with Crippen molar-refractivity contribution in [3.05, 3.63) is 173 Å². The molecule has 2 amide bonds. The minimum Gasteiger partial charge on any atom is -0.495 e. The van der Waals surface area contributed by atoms with Gasteiger partial charge in [0.05, 0.1) is 30.8 Å². The van der Waals surface area contributed by atoms with Crippen LogP contribution in [-0.2, 0) is 6.18 Å². The Morgan fingerprint density at radius 2 is 1.19 bits per heavy atom. The molecule has 4 heterocycles. The summed E-state index contributed by atoms with van der Waals surface area (Å²) in [4.78, 5) is 41.6. The van der Waals surface area contributed by atoms with Gasteiger partial charge < -0.3 is 34.8 Å². The fraction of sp³-hybridized carbons (Fsp3) is 0.0667. The fourth-order valence-corrected chi connectivity index (χ4v) is 6.17. The molecule has 0 saturated carbocycles. The molecule has 0 fully saturated rings. The zero-order valence-corrected chi connectivity index (χ0v) is 34.3. The molecule has 0 aliphatic rings. The van der Waals surface area contributed by atoms with Gasteiger partial charge in [0.15, 0.2) is 11.5 Å². The third kappa shape index (κ3) is 10.9. The lowest BCUT2D eigenvalue weighted by molar-refractivity contribution is -0.137. The number of carbonyl (C=O) groups is 2. The monoisotopic (exact) mass is 902 g/mol. The highest BCUT2D eigenvalue weighted by molar-refractivity contribution is 9.10. The van der Waals surface area contributed by atoms with Gasteiger partial charge in [0.2, 0.25) is 0 Å². The van der Waals surface area contributed by atoms with E-state index < -0.39 is 17.6 Å². The number of halogens is 4. The van der Waals surface area contributed by atoms with E-state index in [-0.39, 0.29) is 17.5 Å². The Labute approximate surface area is 360 Å². The van der Waals surface area contributed by atoms with Crippen LogP contribution in [0.5, 0.6) is 5.75 Å². The number of hydrogen-bond acceptors (Lipinski definition) is 11. The van der Waals surface area contributed by atoms with Crippen LogP contribution in [0.2, 0.25) is 0 Å². The van der Waals surface area contributed by atoms with Gasteiger partial charge in [0, 0.05) is 68.6 Å². The van der Waals surface area contributed by atoms with E-state index in [0.29, 0.717) is 45.9 Å². The normalized spacial score (nSPS) is 10.9. The van der Waals surface area contributed by atoms with Gasteiger partial charge in [-0.15, -0.1) is 0 Å². The molecule has 0 aliphatic heterocycles. The van der Waals surface area contributed by atoms with Crippen molar-refractivity contribution in [1.29, 1.82) is 0 Å². The highest BCUT2D eigenvalue weighted by Gasteiger charge is 2.31. The Balaban J connectivity index is 0.000000188. The number of rotatable bonds is 11. The first-order chi connectivity index (χ1) is 29.9. The summed E-state index contributed by atoms with van der Waals surface area (Å²) >= 11 is 3.38. The van der Waals surface area contributed by atoms with Crippen molar-refractivity contribution < 1.29 is 36.3 Å². The van der Waals surface area contributed by atoms with Gasteiger partial charge in [0.25, 0.3) is 23.8 Å². The second-order valence-electron chi connectivity index (χ2n) is 13.2. The average Bonchev–Trinajstić information content (AvgIpc) is 3.96. The summed E-state index contributed by atoms with van der Waals surface area (Å²) in [7, 11) is 1.47. The number of amides is 2. The minimum atomic E-state index is -4.54. The number of oxazole rings is 2. The van der Waals surface area contributed by atoms with Crippen molar-refractivity contribution in [2.45, 2.75) is 13.1 Å². The van der Waals surface area contributed by atoms with E-state index in [2.05, 4.69) is 57.1 Å². The summed E-state index contributed by atoms with van der Waals surface area (Å²) in [5.41, 5.74) is 4.35. The molecule has 4 aromatic carbocycles. The molecule has 8 rings (SSSR count). The van der Waals surface area contributed by atoms with Gasteiger partial charge in [-0.05, 0) is 103 Å². The zero-order chi connectivity index (χ0) is 43.6. The highest BCUT2D eigenvalue weighted by Crippen LogP contribution is 2.33. The van der Waals surface area contributed by atoms with Crippen LogP contribution in [0.3, 0.4) is 0 Å². The molecule has 0 aliphatic carbocycles. The SMILES string of the molecule is COc1ccc(NC(=O)c2cccc(C(F)(F)F)c2)cc1Nc1ncc(-c2cccnc2)o1.Cc1ccc(NC(=O)c2cccc(Br)c2)cc1Nc1ncc(-c2cccnc2)o1. The lowest BCUT2D eigenvalue weighted by atomic mass is 10.1. The first-order valence-corrected chi connectivity index (χ1v) is 19.3. The summed E-state index contributed by atoms with van der Waals surface area (Å²) in [5, 5.41) is 11.6. The molecule has 0 saturated heterocycles. The van der Waals surface area contributed by atoms with E-state index in [4.69, 9.17) is 13.6 Å². The van der Waals surface area contributed by atoms with Crippen molar-refractivity contribution in [2.24, 2.45) is 0 Å². The summed E-state index contributed by atoms with van der Waals surface area (Å²) in [6.07, 6.45) is 5.33. The van der Waals surface area contributed by atoms with Gasteiger partial charge >= 0.3 is 6.18 Å². The molecule has 0 radical (unpaired) electrons. The van der Waals surface area contributed by atoms with Crippen LogP contribution in [0, 0.1) is 6.92 Å². The highest BCUT2D eigenvalue weighted by atomic mass is 79.9. The minimum absolute atomic E-state index is 0.121. The maximum absolute atomic E-state index is 12.9. The third-order valence-electron chi connectivity index (χ3n) is 8.88. The Morgan fingerprint density at radius 1 is 0.645 bits per heavy atom. The molecule has 0 spiro atoms. The summed E-state index contributed by atoms with van der Waals surface area (Å²) in [6.45, 7) is 1.97. The Kier molecular flexibility index (Phi) is 13.0. The van der Waals surface area contributed by atoms with Gasteiger partial charge in [-0.3, -0.25) is 19.6 Å². The number of alkyl halides is 3. The molecule has 17 heteroatoms. The number of nitrogens with one attached hydrogen (secondary N) is 4. The molecule has 62 heavy (non-hydrogen) atoms. The fourth-order valence-electron chi connectivity index (χ4n) is 5.77. The van der Waals surface area contributed by atoms with Gasteiger partial charge in [-0.25, -0.2) is 9.97 Å². The van der Waals surface area contributed by atoms with E-state index in [1.165, 1.54) is 25.4 Å². The van der Waals surface area contributed by atoms with Crippen LogP contribution < -0.4 is 26.0 Å². The van der Waals surface area contributed by atoms with Crippen LogP contribution >= 0.6 is 15.9 Å². The molecule has 8 aromatic rings. The topological polar surface area (TPSA) is 169 Å². The van der Waals surface area contributed by atoms with Crippen LogP contribution in [0.15, 0.2) is 160 Å². The number of nitrogens with zero attached hydrogens (tertiary/aromatic N) is 4. The van der Waals surface area contributed by atoms with Gasteiger partial charge in [-0.2, -0.15) is 13.2 Å². The molecule has 312 valence electrons. The van der Waals surface area contributed by atoms with Crippen LogP contribution in [-0.4, -0.2) is 38.9 Å². The van der Waals surface area contributed by atoms with E-state index in [1.54, 1.807) is 67.4 Å². The molecule has 0 bridgehead atoms. The largest absolute Gasteiger partial charge is 0.495 e. The molecular formula is C45H34BrF3N8O5. The number of pyridine rings is 2. The van der Waals surface area contributed by atoms with Crippen LogP contribution in [0.4, 0.5) is 48.0 Å². The standard InChI is InChI=1S/C23H17F3N4O3.C22H17BrN4O2/c1-32-19-8-7-17(29-21(31)14-4-2-6-16(10-14)23(24,25)26)11-18(19)30-22-28-13-20(33-22)15-5-3-9-27-12-15;1-14-7-8-18(26-21(28)15-4-2-6-17(23)10-15)11-19(14)27-22-25-13-20(29-22)16-5-3-9-24-12-16/h2-13H,1H3,(H,28,30)(H,29,31);2-13H,1H3,(H,25,27)(H,26,28). The average molecular weight is 904 g/mol. The molecule has 4 aromatic heterocycles. The van der Waals surface area contributed by atoms with Gasteiger partial charge in [-0.1, -0.05) is 34.1 Å². The predicted molar refractivity (Wildman–Crippen MR) is 232 cm³/mol. The van der Waals surface area contributed by atoms with Crippen molar-refractivity contribution >= 4 is 62.5 Å². The Hall–Kier alpha value is -7.79. The zero-order valence-electron chi connectivity index (χ0n) is 32.7. The predicted octanol–water partition coefficient (Wildman–Crippen LogP) is 11.6. The third-order valence-corrected chi connectivity index (χ3v) is 9.37. The number of carbonyl (C=O) groups excluding carboxylic acids is 2. The molecular weight excluding hydrogens is 869 g/mol. The molecule has 13 nitrogen and oxygen atoms in total. The van der Waals surface area contributed by atoms with Crippen molar-refractivity contribution in [3.63, 3.8) is 0 Å². The van der Waals surface area contributed by atoms with E-state index in [1.807, 2.05) is 55.5 Å².